The first-order valence-corrected chi connectivity index (χ1v) is 9.57. The Hall–Kier alpha value is -2.41. The van der Waals surface area contributed by atoms with E-state index in [4.69, 9.17) is 4.74 Å². The van der Waals surface area contributed by atoms with E-state index >= 15 is 0 Å². The van der Waals surface area contributed by atoms with E-state index in [1.165, 1.54) is 11.8 Å². The number of esters is 1. The van der Waals surface area contributed by atoms with Gasteiger partial charge in [-0.05, 0) is 44.9 Å². The Kier molecular flexibility index (Phi) is 6.49. The fraction of sp³-hybridized carbons (Fsp3) is 0.571. The van der Waals surface area contributed by atoms with Crippen molar-refractivity contribution in [3.8, 4) is 0 Å². The number of anilines is 1. The lowest BCUT2D eigenvalue weighted by Crippen LogP contribution is -2.44. The molecule has 2 atom stereocenters. The molecular formula is C21H30N2O5. The number of carbonyl (C=O) groups is 3. The lowest BCUT2D eigenvalue weighted by atomic mass is 10.0. The van der Waals surface area contributed by atoms with Crippen molar-refractivity contribution in [2.75, 3.05) is 18.5 Å². The second-order valence-corrected chi connectivity index (χ2v) is 8.26. The summed E-state index contributed by atoms with van der Waals surface area (Å²) in [7, 11) is 1.73. The van der Waals surface area contributed by atoms with E-state index in [-0.39, 0.29) is 11.8 Å². The van der Waals surface area contributed by atoms with Crippen molar-refractivity contribution >= 4 is 23.5 Å². The van der Waals surface area contributed by atoms with Crippen molar-refractivity contribution in [1.82, 2.24) is 4.90 Å². The van der Waals surface area contributed by atoms with E-state index in [0.717, 1.165) is 5.56 Å². The molecule has 1 aliphatic rings. The minimum Gasteiger partial charge on any atom is -0.458 e. The van der Waals surface area contributed by atoms with Gasteiger partial charge in [-0.15, -0.1) is 0 Å². The molecule has 1 heterocycles. The molecule has 0 spiro atoms. The number of hydrogen-bond acceptors (Lipinski definition) is 5. The Bertz CT molecular complexity index is 769. The summed E-state index contributed by atoms with van der Waals surface area (Å²) < 4.78 is 5.19. The van der Waals surface area contributed by atoms with E-state index in [1.807, 2.05) is 13.0 Å². The number of rotatable bonds is 6. The van der Waals surface area contributed by atoms with Gasteiger partial charge in [0.1, 0.15) is 5.60 Å². The lowest BCUT2D eigenvalue weighted by Gasteiger charge is -2.29. The summed E-state index contributed by atoms with van der Waals surface area (Å²) in [4.78, 5) is 40.6. The van der Waals surface area contributed by atoms with Crippen molar-refractivity contribution in [3.05, 3.63) is 29.3 Å². The van der Waals surface area contributed by atoms with Gasteiger partial charge in [0.05, 0.1) is 5.92 Å². The minimum absolute atomic E-state index is 0.0809. The molecule has 2 rings (SSSR count). The third-order valence-corrected chi connectivity index (χ3v) is 4.61. The summed E-state index contributed by atoms with van der Waals surface area (Å²) >= 11 is 0. The van der Waals surface area contributed by atoms with Gasteiger partial charge in [-0.3, -0.25) is 9.59 Å². The van der Waals surface area contributed by atoms with Crippen LogP contribution in [0, 0.1) is 5.92 Å². The van der Waals surface area contributed by atoms with Crippen LogP contribution in [0.4, 0.5) is 5.69 Å². The molecule has 0 saturated carbocycles. The number of hydrogen-bond donors (Lipinski definition) is 1. The SMILES string of the molecule is CCCN(C(=O)[C@H](C)[C@@H](O)C(=O)OC(C)(C)C)c1ccc2c(c1)C(=O)N(C)C2. The van der Waals surface area contributed by atoms with Gasteiger partial charge in [-0.2, -0.15) is 0 Å². The number of amides is 2. The summed E-state index contributed by atoms with van der Waals surface area (Å²) in [6.45, 7) is 9.49. The fourth-order valence-corrected chi connectivity index (χ4v) is 3.14. The molecule has 0 unspecified atom stereocenters. The number of aliphatic hydroxyl groups excluding tert-OH is 1. The minimum atomic E-state index is -1.56. The molecule has 0 aromatic heterocycles. The Labute approximate surface area is 166 Å². The van der Waals surface area contributed by atoms with E-state index in [1.54, 1.807) is 44.9 Å². The zero-order chi connectivity index (χ0) is 21.2. The predicted octanol–water partition coefficient (Wildman–Crippen LogP) is 2.35. The van der Waals surface area contributed by atoms with Crippen molar-refractivity contribution in [2.45, 2.75) is 59.3 Å². The highest BCUT2D eigenvalue weighted by Crippen LogP contribution is 2.28. The molecule has 154 valence electrons. The van der Waals surface area contributed by atoms with Crippen LogP contribution in [0.3, 0.4) is 0 Å². The van der Waals surface area contributed by atoms with Gasteiger partial charge in [-0.25, -0.2) is 4.79 Å². The summed E-state index contributed by atoms with van der Waals surface area (Å²) in [5.41, 5.74) is 1.32. The normalized spacial score (nSPS) is 15.8. The van der Waals surface area contributed by atoms with Crippen LogP contribution >= 0.6 is 0 Å². The van der Waals surface area contributed by atoms with E-state index in [0.29, 0.717) is 30.8 Å². The topological polar surface area (TPSA) is 87.1 Å². The smallest absolute Gasteiger partial charge is 0.336 e. The summed E-state index contributed by atoms with van der Waals surface area (Å²) in [6, 6.07) is 5.35. The van der Waals surface area contributed by atoms with Gasteiger partial charge in [0.2, 0.25) is 5.91 Å². The maximum absolute atomic E-state index is 13.1. The van der Waals surface area contributed by atoms with Crippen LogP contribution in [-0.4, -0.2) is 53.1 Å². The Balaban J connectivity index is 2.25. The van der Waals surface area contributed by atoms with Crippen molar-refractivity contribution in [2.24, 2.45) is 5.92 Å². The average molecular weight is 390 g/mol. The second kappa shape index (κ2) is 8.31. The number of benzene rings is 1. The molecule has 7 heteroatoms. The Morgan fingerprint density at radius 1 is 1.32 bits per heavy atom. The Morgan fingerprint density at radius 2 is 1.96 bits per heavy atom. The van der Waals surface area contributed by atoms with Crippen LogP contribution in [0.5, 0.6) is 0 Å². The first-order chi connectivity index (χ1) is 13.0. The van der Waals surface area contributed by atoms with Crippen LogP contribution in [-0.2, 0) is 20.9 Å². The molecule has 0 fully saturated rings. The third kappa shape index (κ3) is 4.70. The highest BCUT2D eigenvalue weighted by atomic mass is 16.6. The monoisotopic (exact) mass is 390 g/mol. The maximum Gasteiger partial charge on any atom is 0.336 e. The van der Waals surface area contributed by atoms with Crippen LogP contribution in [0.2, 0.25) is 0 Å². The maximum atomic E-state index is 13.1. The average Bonchev–Trinajstić information content (AvgIpc) is 2.90. The van der Waals surface area contributed by atoms with Gasteiger partial charge >= 0.3 is 5.97 Å². The quantitative estimate of drug-likeness (QED) is 0.754. The number of ether oxygens (including phenoxy) is 1. The molecule has 7 nitrogen and oxygen atoms in total. The molecule has 2 amide bonds. The summed E-state index contributed by atoms with van der Waals surface area (Å²) in [5, 5.41) is 10.3. The van der Waals surface area contributed by atoms with E-state index in [9.17, 15) is 19.5 Å². The highest BCUT2D eigenvalue weighted by molar-refractivity contribution is 6.02. The zero-order valence-corrected chi connectivity index (χ0v) is 17.5. The molecule has 28 heavy (non-hydrogen) atoms. The molecular weight excluding hydrogens is 360 g/mol. The molecule has 1 aromatic carbocycles. The largest absolute Gasteiger partial charge is 0.458 e. The molecule has 0 bridgehead atoms. The van der Waals surface area contributed by atoms with Crippen molar-refractivity contribution in [1.29, 1.82) is 0 Å². The Morgan fingerprint density at radius 3 is 2.54 bits per heavy atom. The lowest BCUT2D eigenvalue weighted by molar-refractivity contribution is -0.169. The van der Waals surface area contributed by atoms with Crippen LogP contribution in [0.15, 0.2) is 18.2 Å². The van der Waals surface area contributed by atoms with E-state index < -0.39 is 23.6 Å². The fourth-order valence-electron chi connectivity index (χ4n) is 3.14. The summed E-state index contributed by atoms with van der Waals surface area (Å²) in [5.74, 6) is -2.27. The van der Waals surface area contributed by atoms with Crippen molar-refractivity contribution in [3.63, 3.8) is 0 Å². The van der Waals surface area contributed by atoms with Gasteiger partial charge in [0.15, 0.2) is 6.10 Å². The molecule has 1 aliphatic heterocycles. The van der Waals surface area contributed by atoms with Crippen LogP contribution < -0.4 is 4.90 Å². The molecule has 1 aromatic rings. The predicted molar refractivity (Wildman–Crippen MR) is 106 cm³/mol. The van der Waals surface area contributed by atoms with Gasteiger partial charge in [0, 0.05) is 31.4 Å². The molecule has 0 aliphatic carbocycles. The summed E-state index contributed by atoms with van der Waals surface area (Å²) in [6.07, 6.45) is -0.875. The van der Waals surface area contributed by atoms with Crippen LogP contribution in [0.25, 0.3) is 0 Å². The number of nitrogens with zero attached hydrogens (tertiary/aromatic N) is 2. The zero-order valence-electron chi connectivity index (χ0n) is 17.5. The molecule has 1 N–H and O–H groups in total. The van der Waals surface area contributed by atoms with Crippen LogP contribution in [0.1, 0.15) is 57.0 Å². The van der Waals surface area contributed by atoms with Gasteiger partial charge < -0.3 is 19.6 Å². The van der Waals surface area contributed by atoms with E-state index in [2.05, 4.69) is 0 Å². The standard InChI is InChI=1S/C21H30N2O5/c1-7-10-23(15-9-8-14-12-22(6)19(26)16(14)11-15)18(25)13(2)17(24)20(27)28-21(3,4)5/h8-9,11,13,17,24H,7,10,12H2,1-6H3/t13-,17-/m1/s1. The second-order valence-electron chi connectivity index (χ2n) is 8.26. The number of carbonyl (C=O) groups excluding carboxylic acids is 3. The van der Waals surface area contributed by atoms with Gasteiger partial charge in [0.25, 0.3) is 5.91 Å². The third-order valence-electron chi connectivity index (χ3n) is 4.61. The first-order valence-electron chi connectivity index (χ1n) is 9.57. The van der Waals surface area contributed by atoms with Gasteiger partial charge in [-0.1, -0.05) is 19.9 Å². The van der Waals surface area contributed by atoms with Crippen molar-refractivity contribution < 1.29 is 24.2 Å². The number of fused-ring (bicyclic) bond motifs is 1. The molecule has 0 saturated heterocycles. The molecule has 0 radical (unpaired) electrons. The highest BCUT2D eigenvalue weighted by Gasteiger charge is 2.35. The number of aliphatic hydroxyl groups is 1. The first kappa shape index (κ1) is 21.9.